The van der Waals surface area contributed by atoms with Crippen LogP contribution in [0.2, 0.25) is 0 Å². The van der Waals surface area contributed by atoms with Crippen LogP contribution < -0.4 is 5.32 Å². The summed E-state index contributed by atoms with van der Waals surface area (Å²) in [4.78, 5) is 25.5. The van der Waals surface area contributed by atoms with Crippen LogP contribution >= 0.6 is 0 Å². The minimum atomic E-state index is -3.21. The standard InChI is InChI=1S/C18H24N2O4S/c21-17-7-6-15(12-19-17)18(22)20-10-8-16(9-11-20)25(23,24)13-14-4-2-1-3-5-14/h1-5,15-16H,6-13H2,(H,19,21). The molecule has 0 bridgehead atoms. The van der Waals surface area contributed by atoms with Gasteiger partial charge >= 0.3 is 0 Å². The Labute approximate surface area is 148 Å². The maximum atomic E-state index is 12.6. The zero-order valence-corrected chi connectivity index (χ0v) is 15.0. The fraction of sp³-hybridized carbons (Fsp3) is 0.556. The van der Waals surface area contributed by atoms with Crippen molar-refractivity contribution in [2.75, 3.05) is 19.6 Å². The second-order valence-electron chi connectivity index (χ2n) is 6.86. The first kappa shape index (κ1) is 17.9. The van der Waals surface area contributed by atoms with Gasteiger partial charge in [-0.15, -0.1) is 0 Å². The van der Waals surface area contributed by atoms with Crippen LogP contribution in [0, 0.1) is 5.92 Å². The first-order valence-electron chi connectivity index (χ1n) is 8.77. The van der Waals surface area contributed by atoms with E-state index in [0.29, 0.717) is 45.3 Å². The Hall–Kier alpha value is -1.89. The van der Waals surface area contributed by atoms with Gasteiger partial charge in [0.25, 0.3) is 0 Å². The predicted octanol–water partition coefficient (Wildman–Crippen LogP) is 1.12. The first-order chi connectivity index (χ1) is 12.0. The summed E-state index contributed by atoms with van der Waals surface area (Å²) in [6.45, 7) is 1.34. The molecule has 2 amide bonds. The van der Waals surface area contributed by atoms with Crippen LogP contribution in [-0.2, 0) is 25.2 Å². The van der Waals surface area contributed by atoms with Gasteiger partial charge in [-0.2, -0.15) is 0 Å². The molecule has 2 aliphatic heterocycles. The molecule has 0 radical (unpaired) electrons. The highest BCUT2D eigenvalue weighted by atomic mass is 32.2. The lowest BCUT2D eigenvalue weighted by molar-refractivity contribution is -0.138. The molecule has 0 aromatic heterocycles. The van der Waals surface area contributed by atoms with Gasteiger partial charge in [-0.1, -0.05) is 30.3 Å². The highest BCUT2D eigenvalue weighted by Crippen LogP contribution is 2.24. The van der Waals surface area contributed by atoms with E-state index in [0.717, 1.165) is 5.56 Å². The Morgan fingerprint density at radius 2 is 1.80 bits per heavy atom. The summed E-state index contributed by atoms with van der Waals surface area (Å²) in [5.74, 6) is -0.0787. The maximum Gasteiger partial charge on any atom is 0.227 e. The van der Waals surface area contributed by atoms with E-state index in [2.05, 4.69) is 5.32 Å². The molecule has 136 valence electrons. The van der Waals surface area contributed by atoms with Crippen molar-refractivity contribution < 1.29 is 18.0 Å². The van der Waals surface area contributed by atoms with Gasteiger partial charge in [-0.05, 0) is 24.8 Å². The van der Waals surface area contributed by atoms with Crippen LogP contribution in [0.1, 0.15) is 31.2 Å². The van der Waals surface area contributed by atoms with Gasteiger partial charge in [0.15, 0.2) is 9.84 Å². The van der Waals surface area contributed by atoms with E-state index in [9.17, 15) is 18.0 Å². The smallest absolute Gasteiger partial charge is 0.227 e. The number of hydrogen-bond donors (Lipinski definition) is 1. The lowest BCUT2D eigenvalue weighted by atomic mass is 9.96. The number of benzene rings is 1. The third kappa shape index (κ3) is 4.39. The van der Waals surface area contributed by atoms with E-state index in [4.69, 9.17) is 0 Å². The molecule has 1 aromatic carbocycles. The van der Waals surface area contributed by atoms with Crippen LogP contribution in [0.4, 0.5) is 0 Å². The summed E-state index contributed by atoms with van der Waals surface area (Å²) < 4.78 is 25.2. The fourth-order valence-corrected chi connectivity index (χ4v) is 5.38. The number of nitrogens with zero attached hydrogens (tertiary/aromatic N) is 1. The molecule has 0 spiro atoms. The highest BCUT2D eigenvalue weighted by molar-refractivity contribution is 7.91. The maximum absolute atomic E-state index is 12.6. The van der Waals surface area contributed by atoms with Gasteiger partial charge in [0.05, 0.1) is 16.9 Å². The lowest BCUT2D eigenvalue weighted by Crippen LogP contribution is -2.48. The van der Waals surface area contributed by atoms with Crippen molar-refractivity contribution in [1.29, 1.82) is 0 Å². The molecule has 2 heterocycles. The normalized spacial score (nSPS) is 22.5. The summed E-state index contributed by atoms with van der Waals surface area (Å²) in [7, 11) is -3.21. The third-order valence-electron chi connectivity index (χ3n) is 5.09. The Morgan fingerprint density at radius 3 is 2.40 bits per heavy atom. The number of sulfone groups is 1. The van der Waals surface area contributed by atoms with Crippen LogP contribution in [0.15, 0.2) is 30.3 Å². The SMILES string of the molecule is O=C1CCC(C(=O)N2CCC(S(=O)(=O)Cc3ccccc3)CC2)CN1. The predicted molar refractivity (Wildman–Crippen MR) is 94.4 cm³/mol. The number of nitrogens with one attached hydrogen (secondary N) is 1. The average Bonchev–Trinajstić information content (AvgIpc) is 2.62. The van der Waals surface area contributed by atoms with Gasteiger partial charge in [0.2, 0.25) is 11.8 Å². The molecule has 2 saturated heterocycles. The number of hydrogen-bond acceptors (Lipinski definition) is 4. The quantitative estimate of drug-likeness (QED) is 0.868. The Balaban J connectivity index is 1.54. The molecule has 1 unspecified atom stereocenters. The van der Waals surface area contributed by atoms with E-state index in [1.165, 1.54) is 0 Å². The van der Waals surface area contributed by atoms with Gasteiger partial charge < -0.3 is 10.2 Å². The molecule has 1 N–H and O–H groups in total. The van der Waals surface area contributed by atoms with Crippen molar-refractivity contribution in [2.45, 2.75) is 36.7 Å². The number of likely N-dealkylation sites (tertiary alicyclic amines) is 1. The molecular weight excluding hydrogens is 340 g/mol. The second-order valence-corrected chi connectivity index (χ2v) is 9.14. The van der Waals surface area contributed by atoms with Gasteiger partial charge in [0, 0.05) is 26.1 Å². The monoisotopic (exact) mass is 364 g/mol. The summed E-state index contributed by atoms with van der Waals surface area (Å²) in [5.41, 5.74) is 0.805. The summed E-state index contributed by atoms with van der Waals surface area (Å²) in [6, 6.07) is 9.21. The molecule has 2 fully saturated rings. The van der Waals surface area contributed by atoms with E-state index in [1.54, 1.807) is 4.90 Å². The van der Waals surface area contributed by atoms with Gasteiger partial charge in [-0.3, -0.25) is 9.59 Å². The largest absolute Gasteiger partial charge is 0.355 e. The zero-order valence-electron chi connectivity index (χ0n) is 14.2. The van der Waals surface area contributed by atoms with Crippen LogP contribution in [0.3, 0.4) is 0 Å². The number of piperidine rings is 2. The van der Waals surface area contributed by atoms with Crippen LogP contribution in [-0.4, -0.2) is 50.0 Å². The van der Waals surface area contributed by atoms with E-state index >= 15 is 0 Å². The Morgan fingerprint density at radius 1 is 1.12 bits per heavy atom. The molecule has 0 saturated carbocycles. The number of carbonyl (C=O) groups is 2. The molecule has 6 nitrogen and oxygen atoms in total. The van der Waals surface area contributed by atoms with Crippen LogP contribution in [0.5, 0.6) is 0 Å². The lowest BCUT2D eigenvalue weighted by Gasteiger charge is -2.35. The minimum absolute atomic E-state index is 0.00485. The summed E-state index contributed by atoms with van der Waals surface area (Å²) >= 11 is 0. The average molecular weight is 364 g/mol. The molecule has 25 heavy (non-hydrogen) atoms. The molecule has 1 atom stereocenters. The van der Waals surface area contributed by atoms with E-state index in [-0.39, 0.29) is 28.7 Å². The van der Waals surface area contributed by atoms with Crippen molar-refractivity contribution in [3.8, 4) is 0 Å². The molecule has 0 aliphatic carbocycles. The summed E-state index contributed by atoms with van der Waals surface area (Å²) in [6.07, 6.45) is 1.94. The van der Waals surface area contributed by atoms with Gasteiger partial charge in [0.1, 0.15) is 0 Å². The minimum Gasteiger partial charge on any atom is -0.355 e. The molecule has 1 aromatic rings. The highest BCUT2D eigenvalue weighted by Gasteiger charge is 2.34. The van der Waals surface area contributed by atoms with E-state index in [1.807, 2.05) is 30.3 Å². The van der Waals surface area contributed by atoms with Crippen molar-refractivity contribution in [1.82, 2.24) is 10.2 Å². The molecular formula is C18H24N2O4S. The van der Waals surface area contributed by atoms with Crippen LogP contribution in [0.25, 0.3) is 0 Å². The number of carbonyl (C=O) groups excluding carboxylic acids is 2. The Kier molecular flexibility index (Phi) is 5.42. The molecule has 2 aliphatic rings. The number of amides is 2. The molecule has 7 heteroatoms. The Bertz CT molecular complexity index is 715. The van der Waals surface area contributed by atoms with E-state index < -0.39 is 9.84 Å². The topological polar surface area (TPSA) is 83.6 Å². The van der Waals surface area contributed by atoms with Gasteiger partial charge in [-0.25, -0.2) is 8.42 Å². The zero-order chi connectivity index (χ0) is 17.9. The fourth-order valence-electron chi connectivity index (χ4n) is 3.56. The number of rotatable bonds is 4. The van der Waals surface area contributed by atoms with Crippen molar-refractivity contribution in [2.24, 2.45) is 5.92 Å². The van der Waals surface area contributed by atoms with Crippen molar-refractivity contribution in [3.63, 3.8) is 0 Å². The second kappa shape index (κ2) is 7.56. The van der Waals surface area contributed by atoms with Crippen molar-refractivity contribution in [3.05, 3.63) is 35.9 Å². The summed E-state index contributed by atoms with van der Waals surface area (Å²) in [5, 5.41) is 2.34. The third-order valence-corrected chi connectivity index (χ3v) is 7.31. The molecule has 3 rings (SSSR count). The van der Waals surface area contributed by atoms with Crippen molar-refractivity contribution >= 4 is 21.7 Å². The first-order valence-corrected chi connectivity index (χ1v) is 10.5.